The van der Waals surface area contributed by atoms with Crippen molar-refractivity contribution in [1.29, 1.82) is 0 Å². The highest BCUT2D eigenvalue weighted by atomic mass is 15.6. The second-order valence-corrected chi connectivity index (χ2v) is 5.59. The molecule has 0 spiro atoms. The summed E-state index contributed by atoms with van der Waals surface area (Å²) in [5.41, 5.74) is 2.15. The molecule has 0 atom stereocenters. The van der Waals surface area contributed by atoms with Crippen molar-refractivity contribution in [3.05, 3.63) is 35.7 Å². The predicted molar refractivity (Wildman–Crippen MR) is 77.7 cm³/mol. The van der Waals surface area contributed by atoms with E-state index >= 15 is 0 Å². The van der Waals surface area contributed by atoms with Gasteiger partial charge in [-0.15, -0.1) is 5.10 Å². The van der Waals surface area contributed by atoms with Crippen molar-refractivity contribution >= 4 is 0 Å². The zero-order valence-electron chi connectivity index (χ0n) is 12.1. The van der Waals surface area contributed by atoms with E-state index in [1.165, 1.54) is 24.8 Å². The molecule has 0 saturated heterocycles. The lowest BCUT2D eigenvalue weighted by molar-refractivity contribution is 0.232. The quantitative estimate of drug-likeness (QED) is 0.931. The number of hydrogen-bond acceptors (Lipinski definition) is 4. The summed E-state index contributed by atoms with van der Waals surface area (Å²) in [6.45, 7) is 2.09. The predicted octanol–water partition coefficient (Wildman–Crippen LogP) is 2.35. The fourth-order valence-corrected chi connectivity index (χ4v) is 3.19. The van der Waals surface area contributed by atoms with Crippen LogP contribution < -0.4 is 5.32 Å². The summed E-state index contributed by atoms with van der Waals surface area (Å²) in [6.07, 6.45) is 5.93. The van der Waals surface area contributed by atoms with Crippen LogP contribution in [0.4, 0.5) is 0 Å². The number of para-hydroxylation sites is 1. The van der Waals surface area contributed by atoms with Gasteiger partial charge in [-0.3, -0.25) is 0 Å². The lowest BCUT2D eigenvalue weighted by atomic mass is 9.81. The van der Waals surface area contributed by atoms with Gasteiger partial charge in [-0.2, -0.15) is 4.68 Å². The van der Waals surface area contributed by atoms with Crippen LogP contribution in [0.3, 0.4) is 0 Å². The van der Waals surface area contributed by atoms with Crippen molar-refractivity contribution in [2.24, 2.45) is 0 Å². The van der Waals surface area contributed by atoms with Gasteiger partial charge < -0.3 is 5.32 Å². The van der Waals surface area contributed by atoms with E-state index in [-0.39, 0.29) is 5.54 Å². The average Bonchev–Trinajstić information content (AvgIpc) is 2.98. The molecule has 1 aliphatic rings. The third-order valence-electron chi connectivity index (χ3n) is 4.43. The Balaban J connectivity index is 2.08. The first kappa shape index (κ1) is 13.2. The molecule has 5 nitrogen and oxygen atoms in total. The van der Waals surface area contributed by atoms with Crippen LogP contribution in [0.15, 0.2) is 24.3 Å². The number of benzene rings is 1. The van der Waals surface area contributed by atoms with Gasteiger partial charge in [0.2, 0.25) is 0 Å². The number of aryl methyl sites for hydroxylation is 1. The molecular weight excluding hydrogens is 250 g/mol. The fourth-order valence-electron chi connectivity index (χ4n) is 3.19. The van der Waals surface area contributed by atoms with E-state index in [0.29, 0.717) is 0 Å². The van der Waals surface area contributed by atoms with Gasteiger partial charge in [0.25, 0.3) is 0 Å². The van der Waals surface area contributed by atoms with Crippen LogP contribution in [0.1, 0.15) is 43.5 Å². The van der Waals surface area contributed by atoms with Crippen molar-refractivity contribution < 1.29 is 0 Å². The first-order valence-electron chi connectivity index (χ1n) is 7.31. The highest BCUT2D eigenvalue weighted by molar-refractivity contribution is 5.40. The molecular formula is C15H21N5. The van der Waals surface area contributed by atoms with Gasteiger partial charge >= 0.3 is 0 Å². The standard InChI is InChI=1S/C15H21N5/c1-12-8-4-5-9-13(12)20-14(17-18-19-20)15(16-2)10-6-3-7-11-15/h4-5,8-9,16H,3,6-7,10-11H2,1-2H3. The van der Waals surface area contributed by atoms with Gasteiger partial charge in [0.1, 0.15) is 0 Å². The van der Waals surface area contributed by atoms with E-state index in [0.717, 1.165) is 24.4 Å². The molecule has 1 aromatic heterocycles. The monoisotopic (exact) mass is 271 g/mol. The lowest BCUT2D eigenvalue weighted by Crippen LogP contribution is -2.44. The molecule has 5 heteroatoms. The molecule has 0 bridgehead atoms. The molecule has 0 aliphatic heterocycles. The van der Waals surface area contributed by atoms with E-state index in [1.807, 2.05) is 23.9 Å². The zero-order valence-corrected chi connectivity index (χ0v) is 12.1. The summed E-state index contributed by atoms with van der Waals surface area (Å²) < 4.78 is 1.90. The maximum atomic E-state index is 4.34. The Labute approximate surface area is 119 Å². The number of aromatic nitrogens is 4. The van der Waals surface area contributed by atoms with Crippen molar-refractivity contribution in [2.45, 2.75) is 44.6 Å². The second kappa shape index (κ2) is 5.32. The van der Waals surface area contributed by atoms with Crippen LogP contribution in [0.2, 0.25) is 0 Å². The highest BCUT2D eigenvalue weighted by Gasteiger charge is 2.37. The van der Waals surface area contributed by atoms with E-state index < -0.39 is 0 Å². The normalized spacial score (nSPS) is 18.1. The summed E-state index contributed by atoms with van der Waals surface area (Å²) in [4.78, 5) is 0. The number of nitrogens with one attached hydrogen (secondary N) is 1. The first-order chi connectivity index (χ1) is 9.77. The Morgan fingerprint density at radius 2 is 1.90 bits per heavy atom. The minimum Gasteiger partial charge on any atom is -0.308 e. The molecule has 1 aromatic carbocycles. The molecule has 2 aromatic rings. The third-order valence-corrected chi connectivity index (χ3v) is 4.43. The molecule has 0 unspecified atom stereocenters. The smallest absolute Gasteiger partial charge is 0.176 e. The lowest BCUT2D eigenvalue weighted by Gasteiger charge is -2.35. The van der Waals surface area contributed by atoms with E-state index in [2.05, 4.69) is 39.9 Å². The van der Waals surface area contributed by atoms with Gasteiger partial charge in [0, 0.05) is 0 Å². The maximum absolute atomic E-state index is 4.34. The molecule has 1 fully saturated rings. The summed E-state index contributed by atoms with van der Waals surface area (Å²) in [6, 6.07) is 8.23. The van der Waals surface area contributed by atoms with Crippen molar-refractivity contribution in [1.82, 2.24) is 25.5 Å². The Hall–Kier alpha value is -1.75. The summed E-state index contributed by atoms with van der Waals surface area (Å²) >= 11 is 0. The summed E-state index contributed by atoms with van der Waals surface area (Å²) in [5, 5.41) is 16.0. The zero-order chi connectivity index (χ0) is 14.0. The molecule has 0 amide bonds. The van der Waals surface area contributed by atoms with Gasteiger partial charge in [0.05, 0.1) is 11.2 Å². The maximum Gasteiger partial charge on any atom is 0.176 e. The summed E-state index contributed by atoms with van der Waals surface area (Å²) in [5.74, 6) is 0.939. The van der Waals surface area contributed by atoms with Crippen LogP contribution in [0, 0.1) is 6.92 Å². The van der Waals surface area contributed by atoms with E-state index in [4.69, 9.17) is 0 Å². The molecule has 1 aliphatic carbocycles. The molecule has 1 saturated carbocycles. The third kappa shape index (κ3) is 2.12. The van der Waals surface area contributed by atoms with E-state index in [9.17, 15) is 0 Å². The molecule has 1 heterocycles. The van der Waals surface area contributed by atoms with Crippen LogP contribution >= 0.6 is 0 Å². The van der Waals surface area contributed by atoms with E-state index in [1.54, 1.807) is 0 Å². The minimum atomic E-state index is -0.0932. The Bertz CT molecular complexity index is 583. The fraction of sp³-hybridized carbons (Fsp3) is 0.533. The molecule has 1 N–H and O–H groups in total. The van der Waals surface area contributed by atoms with Crippen LogP contribution in [-0.2, 0) is 5.54 Å². The van der Waals surface area contributed by atoms with Crippen molar-refractivity contribution in [2.75, 3.05) is 7.05 Å². The Morgan fingerprint density at radius 1 is 1.15 bits per heavy atom. The van der Waals surface area contributed by atoms with Gasteiger partial charge in [-0.25, -0.2) is 0 Å². The van der Waals surface area contributed by atoms with Crippen molar-refractivity contribution in [3.8, 4) is 5.69 Å². The number of tetrazole rings is 1. The van der Waals surface area contributed by atoms with Gasteiger partial charge in [0.15, 0.2) is 5.82 Å². The number of nitrogens with zero attached hydrogens (tertiary/aromatic N) is 4. The van der Waals surface area contributed by atoms with Crippen LogP contribution in [-0.4, -0.2) is 27.3 Å². The number of rotatable bonds is 3. The largest absolute Gasteiger partial charge is 0.308 e. The Morgan fingerprint density at radius 3 is 2.60 bits per heavy atom. The highest BCUT2D eigenvalue weighted by Crippen LogP contribution is 2.36. The van der Waals surface area contributed by atoms with Gasteiger partial charge in [-0.1, -0.05) is 37.5 Å². The van der Waals surface area contributed by atoms with Gasteiger partial charge in [-0.05, 0) is 48.9 Å². The second-order valence-electron chi connectivity index (χ2n) is 5.59. The molecule has 3 rings (SSSR count). The molecule has 20 heavy (non-hydrogen) atoms. The topological polar surface area (TPSA) is 55.6 Å². The van der Waals surface area contributed by atoms with Crippen LogP contribution in [0.25, 0.3) is 5.69 Å². The molecule has 0 radical (unpaired) electrons. The Kier molecular flexibility index (Phi) is 3.53. The minimum absolute atomic E-state index is 0.0932. The number of hydrogen-bond donors (Lipinski definition) is 1. The average molecular weight is 271 g/mol. The van der Waals surface area contributed by atoms with Crippen LogP contribution in [0.5, 0.6) is 0 Å². The SMILES string of the molecule is CNC1(c2nnnn2-c2ccccc2C)CCCCC1. The van der Waals surface area contributed by atoms with Crippen molar-refractivity contribution in [3.63, 3.8) is 0 Å². The first-order valence-corrected chi connectivity index (χ1v) is 7.31. The summed E-state index contributed by atoms with van der Waals surface area (Å²) in [7, 11) is 2.02. The molecule has 106 valence electrons.